The Labute approximate surface area is 172 Å². The first kappa shape index (κ1) is 19.6. The van der Waals surface area contributed by atoms with Gasteiger partial charge in [-0.05, 0) is 44.0 Å². The molecule has 5 nitrogen and oxygen atoms in total. The standard InChI is InChI=1S/C24H26N2O3/c1-19(27)29-24(21-8-4-3-5-9-21,22-10-6-7-15-25-22)14-13-23(28-2)18-26-16-11-20(23)12-17-26/h3-10,15,20H,11-12,16-18H2,1-2H3/t23-,24?/m1/s1. The summed E-state index contributed by atoms with van der Waals surface area (Å²) < 4.78 is 11.9. The number of ether oxygens (including phenoxy) is 2. The Morgan fingerprint density at radius 2 is 1.90 bits per heavy atom. The zero-order valence-corrected chi connectivity index (χ0v) is 16.9. The van der Waals surface area contributed by atoms with Crippen molar-refractivity contribution in [3.8, 4) is 11.8 Å². The van der Waals surface area contributed by atoms with Crippen LogP contribution in [0.5, 0.6) is 0 Å². The number of benzene rings is 1. The Kier molecular flexibility index (Phi) is 5.40. The summed E-state index contributed by atoms with van der Waals surface area (Å²) in [5.74, 6) is 6.73. The van der Waals surface area contributed by atoms with Crippen molar-refractivity contribution in [3.05, 3.63) is 66.0 Å². The molecule has 4 heterocycles. The van der Waals surface area contributed by atoms with E-state index in [0.717, 1.165) is 38.0 Å². The summed E-state index contributed by atoms with van der Waals surface area (Å²) in [4.78, 5) is 19.1. The number of pyridine rings is 1. The number of fused-ring (bicyclic) bond motifs is 3. The summed E-state index contributed by atoms with van der Waals surface area (Å²) in [7, 11) is 1.73. The molecule has 29 heavy (non-hydrogen) atoms. The van der Waals surface area contributed by atoms with E-state index >= 15 is 0 Å². The molecule has 3 fully saturated rings. The maximum atomic E-state index is 12.2. The van der Waals surface area contributed by atoms with Crippen LogP contribution in [0.15, 0.2) is 54.7 Å². The molecular formula is C24H26N2O3. The topological polar surface area (TPSA) is 51.7 Å². The second-order valence-electron chi connectivity index (χ2n) is 7.75. The zero-order chi connectivity index (χ0) is 20.3. The first-order valence-corrected chi connectivity index (χ1v) is 10.1. The van der Waals surface area contributed by atoms with Gasteiger partial charge in [-0.25, -0.2) is 0 Å². The number of piperidine rings is 3. The van der Waals surface area contributed by atoms with Crippen molar-refractivity contribution in [3.63, 3.8) is 0 Å². The first-order chi connectivity index (χ1) is 14.1. The Balaban J connectivity index is 1.87. The van der Waals surface area contributed by atoms with Gasteiger partial charge in [-0.1, -0.05) is 42.3 Å². The number of rotatable bonds is 4. The first-order valence-electron chi connectivity index (χ1n) is 10.1. The molecule has 2 atom stereocenters. The number of carbonyl (C=O) groups is 1. The molecule has 0 amide bonds. The molecule has 3 saturated heterocycles. The molecule has 3 aliphatic rings. The average molecular weight is 390 g/mol. The van der Waals surface area contributed by atoms with Crippen molar-refractivity contribution in [2.24, 2.45) is 5.92 Å². The SMILES string of the molecule is CO[C@]1(C#CC(OC(C)=O)(c2ccccc2)c2ccccn2)CN2CCC1CC2. The summed E-state index contributed by atoms with van der Waals surface area (Å²) in [5, 5.41) is 0. The van der Waals surface area contributed by atoms with Gasteiger partial charge in [-0.3, -0.25) is 14.7 Å². The lowest BCUT2D eigenvalue weighted by Crippen LogP contribution is -2.59. The van der Waals surface area contributed by atoms with Crippen LogP contribution in [0.4, 0.5) is 0 Å². The van der Waals surface area contributed by atoms with Gasteiger partial charge in [-0.15, -0.1) is 0 Å². The van der Waals surface area contributed by atoms with Crippen molar-refractivity contribution >= 4 is 5.97 Å². The van der Waals surface area contributed by atoms with E-state index in [1.807, 2.05) is 48.5 Å². The highest BCUT2D eigenvalue weighted by Gasteiger charge is 2.47. The van der Waals surface area contributed by atoms with Crippen molar-refractivity contribution < 1.29 is 14.3 Å². The number of esters is 1. The van der Waals surface area contributed by atoms with Crippen LogP contribution < -0.4 is 0 Å². The largest absolute Gasteiger partial charge is 0.436 e. The number of carbonyl (C=O) groups excluding carboxylic acids is 1. The lowest BCUT2D eigenvalue weighted by atomic mass is 9.75. The predicted octanol–water partition coefficient (Wildman–Crippen LogP) is 3.00. The number of methoxy groups -OCH3 is 1. The molecule has 0 aliphatic carbocycles. The summed E-state index contributed by atoms with van der Waals surface area (Å²) in [6.07, 6.45) is 3.83. The van der Waals surface area contributed by atoms with Gasteiger partial charge < -0.3 is 9.47 Å². The van der Waals surface area contributed by atoms with Gasteiger partial charge in [0.05, 0.1) is 0 Å². The Morgan fingerprint density at radius 3 is 2.45 bits per heavy atom. The Morgan fingerprint density at radius 1 is 1.17 bits per heavy atom. The smallest absolute Gasteiger partial charge is 0.304 e. The highest BCUT2D eigenvalue weighted by Crippen LogP contribution is 2.39. The minimum absolute atomic E-state index is 0.375. The van der Waals surface area contributed by atoms with Gasteiger partial charge in [-0.2, -0.15) is 0 Å². The summed E-state index contributed by atoms with van der Waals surface area (Å²) >= 11 is 0. The van der Waals surface area contributed by atoms with E-state index in [1.165, 1.54) is 6.92 Å². The van der Waals surface area contributed by atoms with E-state index in [4.69, 9.17) is 9.47 Å². The van der Waals surface area contributed by atoms with Crippen LogP contribution in [0.1, 0.15) is 31.0 Å². The normalized spacial score (nSPS) is 27.4. The fraction of sp³-hybridized carbons (Fsp3) is 0.417. The maximum absolute atomic E-state index is 12.2. The minimum atomic E-state index is -1.29. The quantitative estimate of drug-likeness (QED) is 0.593. The number of hydrogen-bond donors (Lipinski definition) is 0. The molecule has 1 unspecified atom stereocenters. The van der Waals surface area contributed by atoms with Crippen LogP contribution in [0.2, 0.25) is 0 Å². The van der Waals surface area contributed by atoms with E-state index in [0.29, 0.717) is 11.6 Å². The van der Waals surface area contributed by atoms with E-state index in [2.05, 4.69) is 21.7 Å². The molecule has 1 aromatic carbocycles. The number of nitrogens with zero attached hydrogens (tertiary/aromatic N) is 2. The van der Waals surface area contributed by atoms with E-state index in [9.17, 15) is 4.79 Å². The fourth-order valence-corrected chi connectivity index (χ4v) is 4.52. The van der Waals surface area contributed by atoms with Crippen molar-refractivity contribution in [2.75, 3.05) is 26.7 Å². The van der Waals surface area contributed by atoms with Crippen LogP contribution >= 0.6 is 0 Å². The van der Waals surface area contributed by atoms with Gasteiger partial charge in [0.25, 0.3) is 0 Å². The van der Waals surface area contributed by atoms with Crippen LogP contribution in [0, 0.1) is 17.8 Å². The van der Waals surface area contributed by atoms with Gasteiger partial charge in [0.1, 0.15) is 11.3 Å². The molecule has 3 aliphatic heterocycles. The molecule has 150 valence electrons. The Bertz CT molecular complexity index is 872. The number of aromatic nitrogens is 1. The second-order valence-corrected chi connectivity index (χ2v) is 7.75. The summed E-state index contributed by atoms with van der Waals surface area (Å²) in [6, 6.07) is 15.2. The Hall–Kier alpha value is -2.68. The van der Waals surface area contributed by atoms with Gasteiger partial charge in [0.15, 0.2) is 0 Å². The molecule has 0 N–H and O–H groups in total. The third-order valence-corrected chi connectivity index (χ3v) is 6.02. The van der Waals surface area contributed by atoms with E-state index in [1.54, 1.807) is 13.3 Å². The molecular weight excluding hydrogens is 364 g/mol. The van der Waals surface area contributed by atoms with Gasteiger partial charge in [0, 0.05) is 38.3 Å². The predicted molar refractivity (Wildman–Crippen MR) is 110 cm³/mol. The molecule has 5 heteroatoms. The molecule has 0 spiro atoms. The molecule has 2 aromatic rings. The molecule has 2 bridgehead atoms. The highest BCUT2D eigenvalue weighted by atomic mass is 16.6. The zero-order valence-electron chi connectivity index (χ0n) is 16.9. The molecule has 0 saturated carbocycles. The second kappa shape index (κ2) is 7.98. The molecule has 1 aromatic heterocycles. The fourth-order valence-electron chi connectivity index (χ4n) is 4.52. The summed E-state index contributed by atoms with van der Waals surface area (Å²) in [6.45, 7) is 4.36. The monoisotopic (exact) mass is 390 g/mol. The lowest BCUT2D eigenvalue weighted by Gasteiger charge is -2.49. The maximum Gasteiger partial charge on any atom is 0.304 e. The van der Waals surface area contributed by atoms with Crippen molar-refractivity contribution in [2.45, 2.75) is 31.0 Å². The van der Waals surface area contributed by atoms with Crippen molar-refractivity contribution in [1.29, 1.82) is 0 Å². The van der Waals surface area contributed by atoms with Crippen molar-refractivity contribution in [1.82, 2.24) is 9.88 Å². The molecule has 5 rings (SSSR count). The average Bonchev–Trinajstić information content (AvgIpc) is 2.78. The third-order valence-electron chi connectivity index (χ3n) is 6.02. The van der Waals surface area contributed by atoms with Gasteiger partial charge >= 0.3 is 5.97 Å². The lowest BCUT2D eigenvalue weighted by molar-refractivity contribution is -0.149. The van der Waals surface area contributed by atoms with Crippen LogP contribution in [0.25, 0.3) is 0 Å². The van der Waals surface area contributed by atoms with Crippen LogP contribution in [0.3, 0.4) is 0 Å². The third kappa shape index (κ3) is 3.66. The molecule has 0 radical (unpaired) electrons. The highest BCUT2D eigenvalue weighted by molar-refractivity contribution is 5.68. The van der Waals surface area contributed by atoms with Gasteiger partial charge in [0.2, 0.25) is 5.60 Å². The minimum Gasteiger partial charge on any atom is -0.436 e. The van der Waals surface area contributed by atoms with E-state index in [-0.39, 0.29) is 0 Å². The summed E-state index contributed by atoms with van der Waals surface area (Å²) in [5.41, 5.74) is -0.493. The van der Waals surface area contributed by atoms with Crippen LogP contribution in [-0.4, -0.2) is 48.2 Å². The number of hydrogen-bond acceptors (Lipinski definition) is 5. The van der Waals surface area contributed by atoms with E-state index < -0.39 is 17.2 Å². The van der Waals surface area contributed by atoms with Crippen LogP contribution in [-0.2, 0) is 19.9 Å².